The molecular formula is C18H20N4O3. The number of fused-ring (bicyclic) bond motifs is 1. The van der Waals surface area contributed by atoms with Crippen LogP contribution in [-0.4, -0.2) is 37.7 Å². The second kappa shape index (κ2) is 6.08. The zero-order valence-electron chi connectivity index (χ0n) is 14.6. The number of phenols is 2. The maximum absolute atomic E-state index is 12.9. The van der Waals surface area contributed by atoms with Crippen molar-refractivity contribution >= 4 is 22.8 Å². The standard InChI is InChI=1S/C18H20N4O3/c1-10(2)12-7-13(15(24)8-14(12)23)18(25)22(4)17-11-5-6-21(3)16(11)19-9-20-17/h5-10,23-24H,1-4H3. The number of aryl methyl sites for hydroxylation is 1. The van der Waals surface area contributed by atoms with Crippen LogP contribution < -0.4 is 4.90 Å². The van der Waals surface area contributed by atoms with Gasteiger partial charge in [-0.1, -0.05) is 13.8 Å². The molecule has 0 spiro atoms. The third-order valence-corrected chi connectivity index (χ3v) is 4.26. The van der Waals surface area contributed by atoms with Crippen LogP contribution >= 0.6 is 0 Å². The number of carbonyl (C=O) groups is 1. The summed E-state index contributed by atoms with van der Waals surface area (Å²) in [7, 11) is 3.46. The highest BCUT2D eigenvalue weighted by Crippen LogP contribution is 2.33. The summed E-state index contributed by atoms with van der Waals surface area (Å²) < 4.78 is 1.84. The molecule has 7 nitrogen and oxygen atoms in total. The van der Waals surface area contributed by atoms with Crippen LogP contribution in [0.4, 0.5) is 5.82 Å². The highest BCUT2D eigenvalue weighted by molar-refractivity contribution is 6.10. The molecule has 0 atom stereocenters. The Morgan fingerprint density at radius 2 is 1.92 bits per heavy atom. The van der Waals surface area contributed by atoms with Gasteiger partial charge in [0.2, 0.25) is 0 Å². The monoisotopic (exact) mass is 340 g/mol. The molecule has 0 radical (unpaired) electrons. The Hall–Kier alpha value is -3.09. The van der Waals surface area contributed by atoms with Crippen molar-refractivity contribution < 1.29 is 15.0 Å². The summed E-state index contributed by atoms with van der Waals surface area (Å²) >= 11 is 0. The molecule has 0 bridgehead atoms. The van der Waals surface area contributed by atoms with Crippen molar-refractivity contribution in [2.45, 2.75) is 19.8 Å². The summed E-state index contributed by atoms with van der Waals surface area (Å²) in [6.45, 7) is 3.81. The molecule has 0 aliphatic heterocycles. The minimum Gasteiger partial charge on any atom is -0.508 e. The molecule has 0 saturated heterocycles. The molecule has 7 heteroatoms. The van der Waals surface area contributed by atoms with Gasteiger partial charge >= 0.3 is 0 Å². The SMILES string of the molecule is CC(C)c1cc(C(=O)N(C)c2ncnc3c2ccn3C)c(O)cc1O. The predicted molar refractivity (Wildman–Crippen MR) is 95.1 cm³/mol. The average molecular weight is 340 g/mol. The van der Waals surface area contributed by atoms with Crippen LogP contribution in [0.3, 0.4) is 0 Å². The molecular weight excluding hydrogens is 320 g/mol. The van der Waals surface area contributed by atoms with E-state index in [2.05, 4.69) is 9.97 Å². The lowest BCUT2D eigenvalue weighted by Crippen LogP contribution is -2.27. The third-order valence-electron chi connectivity index (χ3n) is 4.26. The number of phenolic OH excluding ortho intramolecular Hbond substituents is 2. The van der Waals surface area contributed by atoms with Crippen molar-refractivity contribution in [1.29, 1.82) is 0 Å². The van der Waals surface area contributed by atoms with Crippen LogP contribution in [-0.2, 0) is 7.05 Å². The van der Waals surface area contributed by atoms with Gasteiger partial charge in [-0.2, -0.15) is 0 Å². The summed E-state index contributed by atoms with van der Waals surface area (Å²) in [5.74, 6) is -0.244. The first-order valence-electron chi connectivity index (χ1n) is 7.91. The molecule has 0 saturated carbocycles. The van der Waals surface area contributed by atoms with E-state index in [1.807, 2.05) is 37.7 Å². The lowest BCUT2D eigenvalue weighted by Gasteiger charge is -2.19. The molecule has 0 aliphatic carbocycles. The van der Waals surface area contributed by atoms with E-state index in [9.17, 15) is 15.0 Å². The molecule has 1 amide bonds. The van der Waals surface area contributed by atoms with Gasteiger partial charge in [0.05, 0.1) is 10.9 Å². The van der Waals surface area contributed by atoms with E-state index in [1.54, 1.807) is 7.05 Å². The van der Waals surface area contributed by atoms with Gasteiger partial charge in [-0.05, 0) is 23.6 Å². The highest BCUT2D eigenvalue weighted by Gasteiger charge is 2.23. The Labute approximate surface area is 145 Å². The van der Waals surface area contributed by atoms with Gasteiger partial charge in [0.1, 0.15) is 29.3 Å². The number of hydrogen-bond donors (Lipinski definition) is 2. The zero-order valence-corrected chi connectivity index (χ0v) is 14.6. The topological polar surface area (TPSA) is 91.5 Å². The van der Waals surface area contributed by atoms with Crippen molar-refractivity contribution in [3.63, 3.8) is 0 Å². The van der Waals surface area contributed by atoms with Crippen molar-refractivity contribution in [2.75, 3.05) is 11.9 Å². The summed E-state index contributed by atoms with van der Waals surface area (Å²) in [6, 6.07) is 4.57. The van der Waals surface area contributed by atoms with Crippen molar-refractivity contribution in [3.8, 4) is 11.5 Å². The van der Waals surface area contributed by atoms with E-state index < -0.39 is 5.91 Å². The number of hydrogen-bond acceptors (Lipinski definition) is 5. The Morgan fingerprint density at radius 3 is 2.60 bits per heavy atom. The first kappa shape index (κ1) is 16.8. The van der Waals surface area contributed by atoms with Gasteiger partial charge in [-0.15, -0.1) is 0 Å². The quantitative estimate of drug-likeness (QED) is 0.765. The Bertz CT molecular complexity index is 962. The Kier molecular flexibility index (Phi) is 4.08. The molecule has 3 aromatic rings. The average Bonchev–Trinajstić information content (AvgIpc) is 2.95. The van der Waals surface area contributed by atoms with Gasteiger partial charge < -0.3 is 14.8 Å². The fourth-order valence-corrected chi connectivity index (χ4v) is 2.84. The van der Waals surface area contributed by atoms with Crippen molar-refractivity contribution in [1.82, 2.24) is 14.5 Å². The normalized spacial score (nSPS) is 11.2. The number of anilines is 1. The molecule has 1 aromatic carbocycles. The third kappa shape index (κ3) is 2.77. The second-order valence-electron chi connectivity index (χ2n) is 6.31. The van der Waals surface area contributed by atoms with Gasteiger partial charge in [0, 0.05) is 26.4 Å². The van der Waals surface area contributed by atoms with Crippen LogP contribution in [0.1, 0.15) is 35.7 Å². The molecule has 0 fully saturated rings. The molecule has 2 N–H and O–H groups in total. The van der Waals surface area contributed by atoms with E-state index in [-0.39, 0.29) is 23.0 Å². The fourth-order valence-electron chi connectivity index (χ4n) is 2.84. The number of benzene rings is 1. The number of rotatable bonds is 3. The largest absolute Gasteiger partial charge is 0.508 e. The first-order chi connectivity index (χ1) is 11.8. The molecule has 130 valence electrons. The number of nitrogens with zero attached hydrogens (tertiary/aromatic N) is 4. The Balaban J connectivity index is 2.07. The summed E-state index contributed by atoms with van der Waals surface area (Å²) in [4.78, 5) is 22.7. The minimum atomic E-state index is -0.414. The van der Waals surface area contributed by atoms with Crippen molar-refractivity contribution in [2.24, 2.45) is 7.05 Å². The highest BCUT2D eigenvalue weighted by atomic mass is 16.3. The molecule has 25 heavy (non-hydrogen) atoms. The lowest BCUT2D eigenvalue weighted by atomic mass is 9.98. The van der Waals surface area contributed by atoms with E-state index in [0.717, 1.165) is 5.39 Å². The van der Waals surface area contributed by atoms with Gasteiger partial charge in [-0.25, -0.2) is 9.97 Å². The predicted octanol–water partition coefficient (Wildman–Crippen LogP) is 2.78. The van der Waals surface area contributed by atoms with Gasteiger partial charge in [0.25, 0.3) is 5.91 Å². The van der Waals surface area contributed by atoms with Crippen molar-refractivity contribution in [3.05, 3.63) is 41.9 Å². The number of carbonyl (C=O) groups excluding carboxylic acids is 1. The molecule has 3 rings (SSSR count). The van der Waals surface area contributed by atoms with Gasteiger partial charge in [-0.3, -0.25) is 9.69 Å². The summed E-state index contributed by atoms with van der Waals surface area (Å²) in [6.07, 6.45) is 3.24. The van der Waals surface area contributed by atoms with Crippen LogP contribution in [0, 0.1) is 0 Å². The smallest absolute Gasteiger partial charge is 0.262 e. The lowest BCUT2D eigenvalue weighted by molar-refractivity contribution is 0.0990. The van der Waals surface area contributed by atoms with E-state index in [0.29, 0.717) is 17.0 Å². The van der Waals surface area contributed by atoms with E-state index in [1.165, 1.54) is 23.4 Å². The van der Waals surface area contributed by atoms with E-state index >= 15 is 0 Å². The van der Waals surface area contributed by atoms with Crippen LogP contribution in [0.15, 0.2) is 30.7 Å². The van der Waals surface area contributed by atoms with E-state index in [4.69, 9.17) is 0 Å². The summed E-state index contributed by atoms with van der Waals surface area (Å²) in [5, 5.41) is 20.8. The fraction of sp³-hybridized carbons (Fsp3) is 0.278. The second-order valence-corrected chi connectivity index (χ2v) is 6.31. The Morgan fingerprint density at radius 1 is 1.20 bits per heavy atom. The molecule has 0 aliphatic rings. The maximum atomic E-state index is 12.9. The van der Waals surface area contributed by atoms with Gasteiger partial charge in [0.15, 0.2) is 0 Å². The zero-order chi connectivity index (χ0) is 18.3. The first-order valence-corrected chi connectivity index (χ1v) is 7.91. The van der Waals surface area contributed by atoms with Crippen LogP contribution in [0.25, 0.3) is 11.0 Å². The number of aromatic nitrogens is 3. The summed E-state index contributed by atoms with van der Waals surface area (Å²) in [5.41, 5.74) is 1.43. The maximum Gasteiger partial charge on any atom is 0.262 e. The van der Waals surface area contributed by atoms with Crippen LogP contribution in [0.5, 0.6) is 11.5 Å². The number of aromatic hydroxyl groups is 2. The minimum absolute atomic E-state index is 0.0114. The van der Waals surface area contributed by atoms with Crippen LogP contribution in [0.2, 0.25) is 0 Å². The molecule has 2 heterocycles. The molecule has 0 unspecified atom stereocenters. The number of amides is 1. The molecule has 2 aromatic heterocycles.